The summed E-state index contributed by atoms with van der Waals surface area (Å²) < 4.78 is 6.24. The predicted molar refractivity (Wildman–Crippen MR) is 74.2 cm³/mol. The predicted octanol–water partition coefficient (Wildman–Crippen LogP) is 2.12. The van der Waals surface area contributed by atoms with E-state index in [4.69, 9.17) is 4.74 Å². The van der Waals surface area contributed by atoms with Gasteiger partial charge in [-0.3, -0.25) is 4.79 Å². The Hall–Kier alpha value is -2.21. The molecular weight excluding hydrogens is 326 g/mol. The molecule has 2 aromatic rings. The molecule has 6 heteroatoms. The molecule has 102 valence electrons. The Morgan fingerprint density at radius 3 is 2.50 bits per heavy atom. The summed E-state index contributed by atoms with van der Waals surface area (Å²) in [5.41, 5.74) is 0.678. The highest BCUT2D eigenvalue weighted by atomic mass is 79.9. The number of halogens is 1. The zero-order valence-corrected chi connectivity index (χ0v) is 11.9. The van der Waals surface area contributed by atoms with E-state index in [9.17, 15) is 14.8 Å². The summed E-state index contributed by atoms with van der Waals surface area (Å²) in [5, 5.41) is 10.8. The Morgan fingerprint density at radius 2 is 1.85 bits per heavy atom. The molecule has 0 saturated carbocycles. The van der Waals surface area contributed by atoms with Gasteiger partial charge in [0.05, 0.1) is 5.56 Å². The molecule has 0 aliphatic carbocycles. The van der Waals surface area contributed by atoms with E-state index in [-0.39, 0.29) is 18.0 Å². The molecule has 0 atom stereocenters. The number of nitrogens with zero attached hydrogens (tertiary/aromatic N) is 1. The Bertz CT molecular complexity index is 640. The van der Waals surface area contributed by atoms with Crippen molar-refractivity contribution >= 4 is 27.7 Å². The van der Waals surface area contributed by atoms with Crippen molar-refractivity contribution in [3.63, 3.8) is 0 Å². The van der Waals surface area contributed by atoms with Crippen LogP contribution in [0.4, 0.5) is 0 Å². The monoisotopic (exact) mass is 335 g/mol. The largest absolute Gasteiger partial charge is 0.619 e. The van der Waals surface area contributed by atoms with Gasteiger partial charge in [-0.15, -0.1) is 0 Å². The summed E-state index contributed by atoms with van der Waals surface area (Å²) in [7, 11) is 0. The van der Waals surface area contributed by atoms with Crippen molar-refractivity contribution in [1.82, 2.24) is 0 Å². The lowest BCUT2D eigenvalue weighted by atomic mass is 10.1. The lowest BCUT2D eigenvalue weighted by Crippen LogP contribution is -2.24. The van der Waals surface area contributed by atoms with Crippen LogP contribution in [0.25, 0.3) is 0 Å². The molecule has 0 unspecified atom stereocenters. The van der Waals surface area contributed by atoms with Crippen molar-refractivity contribution < 1.29 is 19.1 Å². The maximum absolute atomic E-state index is 11.8. The van der Waals surface area contributed by atoms with E-state index in [1.807, 2.05) is 0 Å². The fourth-order valence-electron chi connectivity index (χ4n) is 1.51. The van der Waals surface area contributed by atoms with Crippen LogP contribution in [0.5, 0.6) is 0 Å². The normalized spacial score (nSPS) is 10.1. The van der Waals surface area contributed by atoms with Crippen molar-refractivity contribution in [2.45, 2.75) is 0 Å². The van der Waals surface area contributed by atoms with Crippen LogP contribution in [0, 0.1) is 5.21 Å². The zero-order valence-electron chi connectivity index (χ0n) is 10.3. The third kappa shape index (κ3) is 3.64. The van der Waals surface area contributed by atoms with Crippen LogP contribution in [0.15, 0.2) is 53.3 Å². The number of hydrogen-bond acceptors (Lipinski definition) is 4. The molecule has 0 radical (unpaired) electrons. The molecule has 1 aromatic heterocycles. The molecule has 1 aromatic carbocycles. The summed E-state index contributed by atoms with van der Waals surface area (Å²) in [6.45, 7) is -0.346. The van der Waals surface area contributed by atoms with Gasteiger partial charge in [0.15, 0.2) is 24.8 Å². The molecule has 0 aliphatic heterocycles. The van der Waals surface area contributed by atoms with Gasteiger partial charge in [0.2, 0.25) is 0 Å². The summed E-state index contributed by atoms with van der Waals surface area (Å²) in [6.07, 6.45) is 2.37. The number of hydrogen-bond donors (Lipinski definition) is 0. The van der Waals surface area contributed by atoms with Crippen molar-refractivity contribution in [3.05, 3.63) is 69.6 Å². The lowest BCUT2D eigenvalue weighted by Gasteiger charge is -2.04. The van der Waals surface area contributed by atoms with Crippen molar-refractivity contribution in [2.75, 3.05) is 6.61 Å². The first-order valence-electron chi connectivity index (χ1n) is 5.71. The fourth-order valence-corrected chi connectivity index (χ4v) is 1.91. The zero-order chi connectivity index (χ0) is 14.5. The van der Waals surface area contributed by atoms with Gasteiger partial charge in [-0.2, -0.15) is 4.73 Å². The van der Waals surface area contributed by atoms with Gasteiger partial charge in [0.1, 0.15) is 0 Å². The molecule has 0 bridgehead atoms. The van der Waals surface area contributed by atoms with E-state index >= 15 is 0 Å². The first-order valence-corrected chi connectivity index (χ1v) is 6.50. The molecular formula is C14H10BrNO4. The molecule has 20 heavy (non-hydrogen) atoms. The van der Waals surface area contributed by atoms with Gasteiger partial charge < -0.3 is 9.94 Å². The van der Waals surface area contributed by atoms with Gasteiger partial charge in [-0.1, -0.05) is 28.1 Å². The molecule has 0 spiro atoms. The molecule has 1 heterocycles. The van der Waals surface area contributed by atoms with Crippen LogP contribution in [0.1, 0.15) is 20.7 Å². The number of ether oxygens (including phenoxy) is 1. The second-order valence-corrected chi connectivity index (χ2v) is 4.87. The van der Waals surface area contributed by atoms with Gasteiger partial charge in [-0.05, 0) is 12.1 Å². The molecule has 0 fully saturated rings. The minimum Gasteiger partial charge on any atom is -0.619 e. The molecule has 0 aliphatic rings. The number of pyridine rings is 1. The van der Waals surface area contributed by atoms with E-state index in [1.54, 1.807) is 24.3 Å². The summed E-state index contributed by atoms with van der Waals surface area (Å²) >= 11 is 3.26. The lowest BCUT2D eigenvalue weighted by molar-refractivity contribution is -0.605. The van der Waals surface area contributed by atoms with Crippen LogP contribution in [0.3, 0.4) is 0 Å². The highest BCUT2D eigenvalue weighted by molar-refractivity contribution is 9.10. The van der Waals surface area contributed by atoms with E-state index in [1.165, 1.54) is 24.5 Å². The van der Waals surface area contributed by atoms with Crippen LogP contribution in [-0.2, 0) is 4.74 Å². The Labute approximate surface area is 123 Å². The third-order valence-corrected chi connectivity index (χ3v) is 3.01. The first-order chi connectivity index (χ1) is 9.56. The van der Waals surface area contributed by atoms with E-state index in [0.29, 0.717) is 10.3 Å². The number of Topliss-reactive ketones (excluding diaryl/α,β-unsaturated/α-hetero) is 1. The number of aromatic nitrogens is 1. The highest BCUT2D eigenvalue weighted by Gasteiger charge is 2.12. The minimum absolute atomic E-state index is 0.221. The average molecular weight is 336 g/mol. The Kier molecular flexibility index (Phi) is 4.47. The highest BCUT2D eigenvalue weighted by Crippen LogP contribution is 2.12. The fraction of sp³-hybridized carbons (Fsp3) is 0.0714. The second-order valence-electron chi connectivity index (χ2n) is 3.96. The average Bonchev–Trinajstić information content (AvgIpc) is 2.45. The number of carbonyl (C=O) groups excluding carboxylic acids is 2. The topological polar surface area (TPSA) is 70.3 Å². The standard InChI is InChI=1S/C14H10BrNO4/c15-12-3-1-2-11(8-12)13(17)9-20-14(18)10-4-6-16(19)7-5-10/h1-8H,9H2. The second kappa shape index (κ2) is 6.29. The van der Waals surface area contributed by atoms with Crippen LogP contribution >= 0.6 is 15.9 Å². The van der Waals surface area contributed by atoms with Gasteiger partial charge in [0, 0.05) is 22.2 Å². The first kappa shape index (κ1) is 14.2. The van der Waals surface area contributed by atoms with Crippen LogP contribution in [-0.4, -0.2) is 18.4 Å². The molecule has 0 N–H and O–H groups in total. The number of ketones is 1. The van der Waals surface area contributed by atoms with Crippen molar-refractivity contribution in [2.24, 2.45) is 0 Å². The maximum Gasteiger partial charge on any atom is 0.339 e. The summed E-state index contributed by atoms with van der Waals surface area (Å²) in [5.74, 6) is -0.941. The van der Waals surface area contributed by atoms with E-state index < -0.39 is 5.97 Å². The number of esters is 1. The molecule has 0 saturated heterocycles. The Morgan fingerprint density at radius 1 is 1.15 bits per heavy atom. The van der Waals surface area contributed by atoms with Gasteiger partial charge in [-0.25, -0.2) is 4.79 Å². The van der Waals surface area contributed by atoms with Crippen LogP contribution < -0.4 is 4.73 Å². The molecule has 2 rings (SSSR count). The van der Waals surface area contributed by atoms with Crippen molar-refractivity contribution in [1.29, 1.82) is 0 Å². The SMILES string of the molecule is O=C(COC(=O)c1cc[n+]([O-])cc1)c1cccc(Br)c1. The van der Waals surface area contributed by atoms with Crippen LogP contribution in [0.2, 0.25) is 0 Å². The molecule has 0 amide bonds. The van der Waals surface area contributed by atoms with Gasteiger partial charge in [0.25, 0.3) is 0 Å². The summed E-state index contributed by atoms with van der Waals surface area (Å²) in [6, 6.07) is 9.48. The van der Waals surface area contributed by atoms with Gasteiger partial charge >= 0.3 is 5.97 Å². The quantitative estimate of drug-likeness (QED) is 0.371. The summed E-state index contributed by atoms with van der Waals surface area (Å²) in [4.78, 5) is 23.5. The number of rotatable bonds is 4. The number of benzene rings is 1. The van der Waals surface area contributed by atoms with E-state index in [2.05, 4.69) is 15.9 Å². The maximum atomic E-state index is 11.8. The number of carbonyl (C=O) groups is 2. The van der Waals surface area contributed by atoms with Crippen molar-refractivity contribution in [3.8, 4) is 0 Å². The Balaban J connectivity index is 1.96. The smallest absolute Gasteiger partial charge is 0.339 e. The molecule has 5 nitrogen and oxygen atoms in total. The third-order valence-electron chi connectivity index (χ3n) is 2.52. The minimum atomic E-state index is -0.644. The van der Waals surface area contributed by atoms with E-state index in [0.717, 1.165) is 4.47 Å².